The molecule has 9 nitrogen and oxygen atoms in total. The first kappa shape index (κ1) is 18.2. The number of hydrogen-bond donors (Lipinski definition) is 2. The molecule has 4 atom stereocenters. The summed E-state index contributed by atoms with van der Waals surface area (Å²) in [5, 5.41) is 13.3. The highest BCUT2D eigenvalue weighted by Crippen LogP contribution is 2.43. The minimum absolute atomic E-state index is 0.132. The summed E-state index contributed by atoms with van der Waals surface area (Å²) in [6.45, 7) is 3.61. The van der Waals surface area contributed by atoms with Gasteiger partial charge in [0.2, 0.25) is 0 Å². The Kier molecular flexibility index (Phi) is 4.50. The number of aliphatic hydroxyl groups excluding tert-OH is 1. The molecule has 3 fully saturated rings. The van der Waals surface area contributed by atoms with Gasteiger partial charge in [0, 0.05) is 6.04 Å². The Morgan fingerprint density at radius 2 is 1.93 bits per heavy atom. The standard InChI is InChI=1S/C19H27N5O4/c1-19(2)27-14-12(8-25)26-18(15(14)28-19)24-10-22-13-16(20-9-21-17(13)24)23-11-6-4-3-5-7-11/h9-12,14-15,18,25H,3-8H2,1-2H3,(H,20,21,23)/t12-,14+,15-,18-/m0/s1. The molecule has 9 heteroatoms. The number of ether oxygens (including phenoxy) is 3. The largest absolute Gasteiger partial charge is 0.394 e. The summed E-state index contributed by atoms with van der Waals surface area (Å²) in [7, 11) is 0. The first-order chi connectivity index (χ1) is 13.6. The Bertz CT molecular complexity index is 850. The van der Waals surface area contributed by atoms with Gasteiger partial charge in [0.25, 0.3) is 0 Å². The van der Waals surface area contributed by atoms with Gasteiger partial charge in [-0.25, -0.2) is 15.0 Å². The van der Waals surface area contributed by atoms with E-state index in [1.165, 1.54) is 19.3 Å². The third kappa shape index (κ3) is 3.06. The quantitative estimate of drug-likeness (QED) is 0.818. The highest BCUT2D eigenvalue weighted by atomic mass is 16.8. The molecule has 5 rings (SSSR count). The third-order valence-electron chi connectivity index (χ3n) is 5.88. The molecule has 2 aromatic heterocycles. The number of anilines is 1. The second-order valence-electron chi connectivity index (χ2n) is 8.34. The van der Waals surface area contributed by atoms with Gasteiger partial charge in [0.15, 0.2) is 29.0 Å². The van der Waals surface area contributed by atoms with E-state index in [1.54, 1.807) is 12.7 Å². The van der Waals surface area contributed by atoms with E-state index in [-0.39, 0.29) is 18.8 Å². The van der Waals surface area contributed by atoms with Crippen LogP contribution in [0.1, 0.15) is 52.2 Å². The lowest BCUT2D eigenvalue weighted by Gasteiger charge is -2.24. The van der Waals surface area contributed by atoms with Gasteiger partial charge < -0.3 is 24.6 Å². The van der Waals surface area contributed by atoms with Crippen LogP contribution in [-0.2, 0) is 14.2 Å². The Morgan fingerprint density at radius 3 is 2.71 bits per heavy atom. The van der Waals surface area contributed by atoms with Crippen molar-refractivity contribution in [1.82, 2.24) is 19.5 Å². The first-order valence-electron chi connectivity index (χ1n) is 10.1. The normalized spacial score (nSPS) is 32.7. The lowest BCUT2D eigenvalue weighted by atomic mass is 9.95. The van der Waals surface area contributed by atoms with Crippen molar-refractivity contribution in [3.63, 3.8) is 0 Å². The van der Waals surface area contributed by atoms with E-state index in [9.17, 15) is 5.11 Å². The van der Waals surface area contributed by atoms with E-state index in [2.05, 4.69) is 20.3 Å². The molecule has 2 N–H and O–H groups in total. The van der Waals surface area contributed by atoms with Gasteiger partial charge in [-0.1, -0.05) is 19.3 Å². The summed E-state index contributed by atoms with van der Waals surface area (Å²) in [5.41, 5.74) is 1.41. The summed E-state index contributed by atoms with van der Waals surface area (Å²) in [6.07, 6.45) is 7.78. The van der Waals surface area contributed by atoms with E-state index in [0.29, 0.717) is 11.7 Å². The number of nitrogens with one attached hydrogen (secondary N) is 1. The lowest BCUT2D eigenvalue weighted by Crippen LogP contribution is -2.31. The Hall–Kier alpha value is -1.81. The van der Waals surface area contributed by atoms with Crippen LogP contribution in [0.4, 0.5) is 5.82 Å². The SMILES string of the molecule is CC1(C)O[C@H]2[C@H](O1)[C@@H](n1cnc3c(NC4CCCCC4)ncnc31)O[C@H]2CO. The summed E-state index contributed by atoms with van der Waals surface area (Å²) in [4.78, 5) is 13.4. The molecule has 0 aromatic carbocycles. The molecule has 2 aromatic rings. The Labute approximate surface area is 163 Å². The smallest absolute Gasteiger partial charge is 0.167 e. The fourth-order valence-corrected chi connectivity index (χ4v) is 4.61. The number of nitrogens with zero attached hydrogens (tertiary/aromatic N) is 4. The molecular formula is C19H27N5O4. The molecule has 0 radical (unpaired) electrons. The summed E-state index contributed by atoms with van der Waals surface area (Å²) in [5.74, 6) is 0.0388. The minimum Gasteiger partial charge on any atom is -0.394 e. The second kappa shape index (κ2) is 6.91. The molecule has 1 aliphatic carbocycles. The number of imidazole rings is 1. The third-order valence-corrected chi connectivity index (χ3v) is 5.88. The lowest BCUT2D eigenvalue weighted by molar-refractivity contribution is -0.199. The van der Waals surface area contributed by atoms with Gasteiger partial charge in [-0.2, -0.15) is 0 Å². The maximum Gasteiger partial charge on any atom is 0.167 e. The summed E-state index contributed by atoms with van der Waals surface area (Å²) < 4.78 is 19.9. The van der Waals surface area contributed by atoms with E-state index >= 15 is 0 Å². The topological polar surface area (TPSA) is 104 Å². The van der Waals surface area contributed by atoms with Crippen molar-refractivity contribution < 1.29 is 19.3 Å². The zero-order valence-electron chi connectivity index (χ0n) is 16.2. The van der Waals surface area contributed by atoms with Gasteiger partial charge in [-0.05, 0) is 26.7 Å². The molecule has 0 unspecified atom stereocenters. The number of fused-ring (bicyclic) bond motifs is 2. The fourth-order valence-electron chi connectivity index (χ4n) is 4.61. The van der Waals surface area contributed by atoms with Crippen LogP contribution in [-0.4, -0.2) is 61.4 Å². The van der Waals surface area contributed by atoms with Crippen molar-refractivity contribution >= 4 is 17.0 Å². The van der Waals surface area contributed by atoms with Gasteiger partial charge in [-0.3, -0.25) is 4.57 Å². The maximum atomic E-state index is 9.72. The summed E-state index contributed by atoms with van der Waals surface area (Å²) in [6, 6.07) is 0.426. The highest BCUT2D eigenvalue weighted by Gasteiger charge is 2.56. The highest BCUT2D eigenvalue weighted by molar-refractivity contribution is 5.82. The van der Waals surface area contributed by atoms with Crippen LogP contribution >= 0.6 is 0 Å². The van der Waals surface area contributed by atoms with Gasteiger partial charge in [0.05, 0.1) is 12.9 Å². The maximum absolute atomic E-state index is 9.72. The minimum atomic E-state index is -0.718. The van der Waals surface area contributed by atoms with Crippen molar-refractivity contribution in [2.24, 2.45) is 0 Å². The molecule has 1 saturated carbocycles. The number of aliphatic hydroxyl groups is 1. The van der Waals surface area contributed by atoms with E-state index in [0.717, 1.165) is 24.2 Å². The molecule has 28 heavy (non-hydrogen) atoms. The van der Waals surface area contributed by atoms with E-state index < -0.39 is 18.1 Å². The van der Waals surface area contributed by atoms with Gasteiger partial charge >= 0.3 is 0 Å². The molecule has 2 aliphatic heterocycles. The predicted octanol–water partition coefficient (Wildman–Crippen LogP) is 1.98. The zero-order valence-corrected chi connectivity index (χ0v) is 16.2. The predicted molar refractivity (Wildman–Crippen MR) is 101 cm³/mol. The molecule has 2 saturated heterocycles. The number of rotatable bonds is 4. The summed E-state index contributed by atoms with van der Waals surface area (Å²) >= 11 is 0. The van der Waals surface area contributed by atoms with Gasteiger partial charge in [0.1, 0.15) is 24.6 Å². The van der Waals surface area contributed by atoms with E-state index in [4.69, 9.17) is 14.2 Å². The van der Waals surface area contributed by atoms with Gasteiger partial charge in [-0.15, -0.1) is 0 Å². The van der Waals surface area contributed by atoms with Crippen LogP contribution in [0.15, 0.2) is 12.7 Å². The van der Waals surface area contributed by atoms with E-state index in [1.807, 2.05) is 18.4 Å². The zero-order chi connectivity index (χ0) is 19.3. The molecule has 0 bridgehead atoms. The van der Waals surface area contributed by atoms with Crippen LogP contribution in [0.5, 0.6) is 0 Å². The Balaban J connectivity index is 1.46. The molecule has 3 aliphatic rings. The van der Waals surface area contributed by atoms with Crippen LogP contribution < -0.4 is 5.32 Å². The second-order valence-corrected chi connectivity index (χ2v) is 8.34. The van der Waals surface area contributed by atoms with Crippen LogP contribution in [0.25, 0.3) is 11.2 Å². The number of hydrogen-bond acceptors (Lipinski definition) is 8. The Morgan fingerprint density at radius 1 is 1.14 bits per heavy atom. The molecule has 0 spiro atoms. The molecule has 152 valence electrons. The average molecular weight is 389 g/mol. The van der Waals surface area contributed by atoms with Crippen LogP contribution in [0.2, 0.25) is 0 Å². The van der Waals surface area contributed by atoms with Crippen molar-refractivity contribution in [2.75, 3.05) is 11.9 Å². The molecule has 4 heterocycles. The monoisotopic (exact) mass is 389 g/mol. The van der Waals surface area contributed by atoms with Crippen LogP contribution in [0, 0.1) is 0 Å². The molecular weight excluding hydrogens is 362 g/mol. The van der Waals surface area contributed by atoms with Crippen molar-refractivity contribution in [3.05, 3.63) is 12.7 Å². The van der Waals surface area contributed by atoms with Crippen LogP contribution in [0.3, 0.4) is 0 Å². The molecule has 0 amide bonds. The van der Waals surface area contributed by atoms with Crippen molar-refractivity contribution in [3.8, 4) is 0 Å². The van der Waals surface area contributed by atoms with Crippen molar-refractivity contribution in [1.29, 1.82) is 0 Å². The fraction of sp³-hybridized carbons (Fsp3) is 0.737. The number of aromatic nitrogens is 4. The first-order valence-corrected chi connectivity index (χ1v) is 10.1. The van der Waals surface area contributed by atoms with Crippen molar-refractivity contribution in [2.45, 2.75) is 82.3 Å². The average Bonchev–Trinajstić information content (AvgIpc) is 3.33.